The maximum atomic E-state index is 11.1. The molecule has 2 aromatic carbocycles. The van der Waals surface area contributed by atoms with Gasteiger partial charge in [0.2, 0.25) is 0 Å². The Morgan fingerprint density at radius 3 is 2.33 bits per heavy atom. The van der Waals surface area contributed by atoms with E-state index in [0.29, 0.717) is 10.8 Å². The molecule has 0 spiro atoms. The summed E-state index contributed by atoms with van der Waals surface area (Å²) in [6.07, 6.45) is 0. The van der Waals surface area contributed by atoms with Crippen LogP contribution in [0.5, 0.6) is 0 Å². The second-order valence-corrected chi connectivity index (χ2v) is 9.84. The number of hydrogen-bond acceptors (Lipinski definition) is 6. The van der Waals surface area contributed by atoms with Gasteiger partial charge in [0.25, 0.3) is 0 Å². The summed E-state index contributed by atoms with van der Waals surface area (Å²) in [5, 5.41) is 0.574. The molecule has 1 unspecified atom stereocenters. The van der Waals surface area contributed by atoms with Crippen molar-refractivity contribution < 1.29 is 33.2 Å². The average molecular weight is 452 g/mol. The van der Waals surface area contributed by atoms with Crippen molar-refractivity contribution in [2.45, 2.75) is 8.91 Å². The molecule has 0 N–H and O–H groups in total. The van der Waals surface area contributed by atoms with Crippen molar-refractivity contribution in [2.75, 3.05) is 0 Å². The average Bonchev–Trinajstić information content (AvgIpc) is 2.90. The monoisotopic (exact) mass is 452 g/mol. The fourth-order valence-electron chi connectivity index (χ4n) is 1.89. The van der Waals surface area contributed by atoms with Gasteiger partial charge in [0.1, 0.15) is 0 Å². The van der Waals surface area contributed by atoms with Gasteiger partial charge in [-0.3, -0.25) is 0 Å². The van der Waals surface area contributed by atoms with Gasteiger partial charge in [-0.15, -0.1) is 0 Å². The van der Waals surface area contributed by atoms with Gasteiger partial charge in [-0.1, -0.05) is 0 Å². The third-order valence-corrected chi connectivity index (χ3v) is 7.41. The van der Waals surface area contributed by atoms with Gasteiger partial charge in [-0.05, 0) is 0 Å². The standard InChI is InChI=1S/C15H10Cl2O5SSe/c16-12-8-6-11(7-9-12)14-10-24-15(21-14,22-17(18,19)20)23-13-4-2-1-3-5-13/h1-10H. The summed E-state index contributed by atoms with van der Waals surface area (Å²) in [5.74, 6) is 0.453. The first kappa shape index (κ1) is 18.1. The molecule has 5 nitrogen and oxygen atoms in total. The number of thioether (sulfide) groups is 1. The molecule has 1 atom stereocenters. The molecule has 1 aliphatic rings. The van der Waals surface area contributed by atoms with Gasteiger partial charge in [0, 0.05) is 0 Å². The second kappa shape index (κ2) is 7.25. The summed E-state index contributed by atoms with van der Waals surface area (Å²) in [6, 6.07) is 15.9. The van der Waals surface area contributed by atoms with E-state index in [1.165, 1.54) is 0 Å². The molecule has 1 aliphatic heterocycles. The summed E-state index contributed by atoms with van der Waals surface area (Å²) < 4.78 is 42.3. The number of benzene rings is 2. The van der Waals surface area contributed by atoms with Crippen LogP contribution in [0.2, 0.25) is 5.02 Å². The predicted octanol–water partition coefficient (Wildman–Crippen LogP) is 0.690. The van der Waals surface area contributed by atoms with Crippen molar-refractivity contribution in [3.05, 3.63) is 70.2 Å². The van der Waals surface area contributed by atoms with Crippen LogP contribution in [0.1, 0.15) is 5.56 Å². The fraction of sp³-hybridized carbons (Fsp3) is 0.0667. The van der Waals surface area contributed by atoms with Gasteiger partial charge in [-0.25, -0.2) is 0 Å². The number of hydrogen-bond donors (Lipinski definition) is 0. The molecular formula is C15H10Cl2O5SSe. The third kappa shape index (κ3) is 4.67. The molecule has 0 amide bonds. The van der Waals surface area contributed by atoms with Crippen molar-refractivity contribution in [3.63, 3.8) is 0 Å². The van der Waals surface area contributed by atoms with E-state index in [9.17, 15) is 14.0 Å². The number of ether oxygens (including phenoxy) is 1. The molecule has 0 saturated carbocycles. The van der Waals surface area contributed by atoms with E-state index in [0.717, 1.165) is 22.2 Å². The zero-order valence-electron chi connectivity index (χ0n) is 11.9. The van der Waals surface area contributed by atoms with Gasteiger partial charge in [-0.2, -0.15) is 0 Å². The van der Waals surface area contributed by atoms with Gasteiger partial charge in [0.15, 0.2) is 0 Å². The van der Waals surface area contributed by atoms with E-state index in [-0.39, 0.29) is 0 Å². The van der Waals surface area contributed by atoms with E-state index >= 15 is 0 Å². The minimum atomic E-state index is -4.64. The van der Waals surface area contributed by atoms with E-state index in [2.05, 4.69) is 0 Å². The predicted molar refractivity (Wildman–Crippen MR) is 82.4 cm³/mol. The van der Waals surface area contributed by atoms with E-state index in [1.54, 1.807) is 53.5 Å². The molecule has 0 aliphatic carbocycles. The molecule has 0 fully saturated rings. The van der Waals surface area contributed by atoms with Crippen LogP contribution in [-0.2, 0) is 9.03 Å². The molecule has 24 heavy (non-hydrogen) atoms. The molecule has 0 saturated heterocycles. The zero-order valence-corrected chi connectivity index (χ0v) is 15.9. The van der Waals surface area contributed by atoms with Crippen molar-refractivity contribution >= 4 is 44.1 Å². The summed E-state index contributed by atoms with van der Waals surface area (Å²) >= 11 is 6.36. The van der Waals surface area contributed by atoms with Crippen molar-refractivity contribution in [2.24, 2.45) is 0 Å². The van der Waals surface area contributed by atoms with Gasteiger partial charge >= 0.3 is 156 Å². The molecule has 3 rings (SSSR count). The Balaban J connectivity index is 1.84. The van der Waals surface area contributed by atoms with Gasteiger partial charge < -0.3 is 0 Å². The number of halogens is 2. The Morgan fingerprint density at radius 2 is 1.71 bits per heavy atom. The van der Waals surface area contributed by atoms with Crippen LogP contribution in [-0.4, -0.2) is 19.0 Å². The van der Waals surface area contributed by atoms with E-state index in [4.69, 9.17) is 20.6 Å². The summed E-state index contributed by atoms with van der Waals surface area (Å²) in [6.45, 7) is 0. The Hall–Kier alpha value is -0.731. The van der Waals surface area contributed by atoms with Crippen molar-refractivity contribution in [1.29, 1.82) is 0 Å². The molecule has 0 aromatic heterocycles. The number of rotatable bonds is 5. The Labute approximate surface area is 156 Å². The minimum absolute atomic E-state index is 0.453. The van der Waals surface area contributed by atoms with Crippen LogP contribution in [0, 0.1) is 10.2 Å². The Bertz CT molecular complexity index is 736. The molecule has 2 aromatic rings. The first-order chi connectivity index (χ1) is 11.4. The quantitative estimate of drug-likeness (QED) is 0.490. The van der Waals surface area contributed by atoms with Crippen LogP contribution < -0.4 is 14.0 Å². The molecule has 0 radical (unpaired) electrons. The Morgan fingerprint density at radius 1 is 1.04 bits per heavy atom. The molecular weight excluding hydrogens is 442 g/mol. The molecule has 0 bridgehead atoms. The van der Waals surface area contributed by atoms with Crippen LogP contribution in [0.4, 0.5) is 0 Å². The first-order valence-electron chi connectivity index (χ1n) is 6.54. The third-order valence-electron chi connectivity index (χ3n) is 2.85. The van der Waals surface area contributed by atoms with Crippen LogP contribution in [0.25, 0.3) is 5.76 Å². The summed E-state index contributed by atoms with van der Waals surface area (Å²) in [5.41, 5.74) is 0.723. The normalized spacial score (nSPS) is 20.6. The summed E-state index contributed by atoms with van der Waals surface area (Å²) in [7, 11) is -4.64. The van der Waals surface area contributed by atoms with Crippen LogP contribution in [0.15, 0.2) is 64.5 Å². The first-order valence-corrected chi connectivity index (χ1v) is 10.8. The second-order valence-electron chi connectivity index (χ2n) is 4.58. The summed E-state index contributed by atoms with van der Waals surface area (Å²) in [4.78, 5) is 2.47. The molecule has 1 heterocycles. The SMILES string of the molecule is [O-][Cl+3]([O-])([O-])OC1(Sc2ccccc2)OC(c2ccc(Cl)cc2)=C[Se]1. The van der Waals surface area contributed by atoms with E-state index < -0.39 is 29.2 Å². The molecule has 9 heteroatoms. The topological polar surface area (TPSA) is 87.6 Å². The zero-order chi connectivity index (χ0) is 17.2. The van der Waals surface area contributed by atoms with Gasteiger partial charge in [0.05, 0.1) is 0 Å². The van der Waals surface area contributed by atoms with E-state index in [1.807, 2.05) is 6.07 Å². The maximum absolute atomic E-state index is 11.1. The van der Waals surface area contributed by atoms with Crippen LogP contribution in [0.3, 0.4) is 0 Å². The van der Waals surface area contributed by atoms with Crippen molar-refractivity contribution in [3.8, 4) is 0 Å². The Kier molecular flexibility index (Phi) is 5.46. The van der Waals surface area contributed by atoms with Crippen molar-refractivity contribution in [1.82, 2.24) is 0 Å². The molecule has 126 valence electrons. The fourth-order valence-corrected chi connectivity index (χ4v) is 6.51. The van der Waals surface area contributed by atoms with Crippen LogP contribution >= 0.6 is 23.4 Å².